The van der Waals surface area contributed by atoms with Crippen molar-refractivity contribution in [2.24, 2.45) is 0 Å². The van der Waals surface area contributed by atoms with Crippen LogP contribution in [0.1, 0.15) is 11.5 Å². The molecule has 0 aliphatic rings. The van der Waals surface area contributed by atoms with E-state index in [0.717, 1.165) is 6.07 Å². The number of halogens is 3. The lowest BCUT2D eigenvalue weighted by Gasteiger charge is -2.07. The van der Waals surface area contributed by atoms with Crippen LogP contribution in [0.2, 0.25) is 5.15 Å². The van der Waals surface area contributed by atoms with E-state index in [1.54, 1.807) is 13.0 Å². The second-order valence-corrected chi connectivity index (χ2v) is 3.98. The molecule has 0 unspecified atom stereocenters. The van der Waals surface area contributed by atoms with E-state index in [4.69, 9.17) is 16.3 Å². The van der Waals surface area contributed by atoms with Crippen LogP contribution >= 0.6 is 11.6 Å². The van der Waals surface area contributed by atoms with Gasteiger partial charge in [-0.1, -0.05) is 17.7 Å². The summed E-state index contributed by atoms with van der Waals surface area (Å²) in [6.07, 6.45) is 0. The van der Waals surface area contributed by atoms with Crippen molar-refractivity contribution in [3.05, 3.63) is 52.6 Å². The topological polar surface area (TPSA) is 35.0 Å². The van der Waals surface area contributed by atoms with Gasteiger partial charge in [-0.05, 0) is 25.1 Å². The second-order valence-electron chi connectivity index (χ2n) is 3.59. The first-order valence-corrected chi connectivity index (χ1v) is 5.51. The van der Waals surface area contributed by atoms with Crippen LogP contribution in [0.15, 0.2) is 24.3 Å². The fourth-order valence-electron chi connectivity index (χ4n) is 1.39. The van der Waals surface area contributed by atoms with Gasteiger partial charge in [-0.3, -0.25) is 0 Å². The molecule has 1 aromatic heterocycles. The van der Waals surface area contributed by atoms with Crippen molar-refractivity contribution in [3.8, 4) is 5.75 Å². The quantitative estimate of drug-likeness (QED) is 0.803. The third-order valence-corrected chi connectivity index (χ3v) is 2.34. The molecule has 0 aliphatic carbocycles. The number of rotatable bonds is 3. The minimum atomic E-state index is -1.03. The predicted molar refractivity (Wildman–Crippen MR) is 62.5 cm³/mol. The first-order chi connectivity index (χ1) is 8.56. The maximum Gasteiger partial charge on any atom is 0.200 e. The Bertz CT molecular complexity index is 558. The highest BCUT2D eigenvalue weighted by Gasteiger charge is 2.09. The Hall–Kier alpha value is -1.75. The molecular weight excluding hydrogens is 262 g/mol. The normalized spacial score (nSPS) is 10.4. The smallest absolute Gasteiger partial charge is 0.200 e. The van der Waals surface area contributed by atoms with Crippen LogP contribution in [0.25, 0.3) is 0 Å². The van der Waals surface area contributed by atoms with E-state index in [1.807, 2.05) is 0 Å². The number of benzene rings is 1. The van der Waals surface area contributed by atoms with Crippen LogP contribution < -0.4 is 4.74 Å². The SMILES string of the molecule is Cc1cc(Cl)nc(COc2cccc(F)c2F)n1. The van der Waals surface area contributed by atoms with Gasteiger partial charge in [0, 0.05) is 5.69 Å². The molecule has 6 heteroatoms. The zero-order chi connectivity index (χ0) is 13.1. The lowest BCUT2D eigenvalue weighted by molar-refractivity contribution is 0.275. The number of aromatic nitrogens is 2. The van der Waals surface area contributed by atoms with E-state index < -0.39 is 11.6 Å². The van der Waals surface area contributed by atoms with Gasteiger partial charge in [0.1, 0.15) is 11.8 Å². The van der Waals surface area contributed by atoms with Crippen LogP contribution in [-0.4, -0.2) is 9.97 Å². The van der Waals surface area contributed by atoms with Gasteiger partial charge in [0.15, 0.2) is 17.4 Å². The van der Waals surface area contributed by atoms with Gasteiger partial charge in [0.25, 0.3) is 0 Å². The number of hydrogen-bond donors (Lipinski definition) is 0. The molecule has 1 heterocycles. The Morgan fingerprint density at radius 3 is 2.78 bits per heavy atom. The molecule has 0 aliphatic heterocycles. The third-order valence-electron chi connectivity index (χ3n) is 2.14. The average molecular weight is 271 g/mol. The van der Waals surface area contributed by atoms with Crippen molar-refractivity contribution in [2.45, 2.75) is 13.5 Å². The van der Waals surface area contributed by atoms with Crippen LogP contribution in [-0.2, 0) is 6.61 Å². The summed E-state index contributed by atoms with van der Waals surface area (Å²) in [6.45, 7) is 1.67. The van der Waals surface area contributed by atoms with E-state index in [0.29, 0.717) is 11.5 Å². The number of hydrogen-bond acceptors (Lipinski definition) is 3. The Morgan fingerprint density at radius 2 is 2.06 bits per heavy atom. The molecule has 0 bridgehead atoms. The molecule has 0 saturated carbocycles. The van der Waals surface area contributed by atoms with Crippen molar-refractivity contribution in [3.63, 3.8) is 0 Å². The van der Waals surface area contributed by atoms with Crippen LogP contribution in [0.4, 0.5) is 8.78 Å². The Labute approximate surface area is 107 Å². The highest BCUT2D eigenvalue weighted by atomic mass is 35.5. The highest BCUT2D eigenvalue weighted by Crippen LogP contribution is 2.20. The number of aryl methyl sites for hydroxylation is 1. The van der Waals surface area contributed by atoms with E-state index in [9.17, 15) is 8.78 Å². The van der Waals surface area contributed by atoms with E-state index in [-0.39, 0.29) is 17.5 Å². The first-order valence-electron chi connectivity index (χ1n) is 5.13. The van der Waals surface area contributed by atoms with Gasteiger partial charge < -0.3 is 4.74 Å². The molecular formula is C12H9ClF2N2O. The summed E-state index contributed by atoms with van der Waals surface area (Å²) in [6, 6.07) is 5.30. The fraction of sp³-hybridized carbons (Fsp3) is 0.167. The summed E-state index contributed by atoms with van der Waals surface area (Å²) in [7, 11) is 0. The van der Waals surface area contributed by atoms with E-state index in [2.05, 4.69) is 9.97 Å². The van der Waals surface area contributed by atoms with Gasteiger partial charge in [-0.2, -0.15) is 4.39 Å². The van der Waals surface area contributed by atoms with Crippen molar-refractivity contribution >= 4 is 11.6 Å². The molecule has 94 valence electrons. The molecule has 2 rings (SSSR count). The third kappa shape index (κ3) is 2.92. The van der Waals surface area contributed by atoms with Gasteiger partial charge in [-0.15, -0.1) is 0 Å². The molecule has 18 heavy (non-hydrogen) atoms. The van der Waals surface area contributed by atoms with Crippen molar-refractivity contribution < 1.29 is 13.5 Å². The Morgan fingerprint density at radius 1 is 1.28 bits per heavy atom. The minimum absolute atomic E-state index is 0.0816. The number of ether oxygens (including phenoxy) is 1. The fourth-order valence-corrected chi connectivity index (χ4v) is 1.65. The predicted octanol–water partition coefficient (Wildman–Crippen LogP) is 3.30. The summed E-state index contributed by atoms with van der Waals surface area (Å²) >= 11 is 5.75. The molecule has 2 aromatic rings. The maximum absolute atomic E-state index is 13.3. The monoisotopic (exact) mass is 270 g/mol. The molecule has 0 N–H and O–H groups in total. The van der Waals surface area contributed by atoms with Gasteiger partial charge in [0.05, 0.1) is 0 Å². The molecule has 1 aromatic carbocycles. The molecule has 0 amide bonds. The largest absolute Gasteiger partial charge is 0.482 e. The van der Waals surface area contributed by atoms with Crippen LogP contribution in [0.3, 0.4) is 0 Å². The zero-order valence-electron chi connectivity index (χ0n) is 9.45. The van der Waals surface area contributed by atoms with Gasteiger partial charge >= 0.3 is 0 Å². The number of nitrogens with zero attached hydrogens (tertiary/aromatic N) is 2. The average Bonchev–Trinajstić information content (AvgIpc) is 2.30. The first kappa shape index (κ1) is 12.7. The minimum Gasteiger partial charge on any atom is -0.482 e. The van der Waals surface area contributed by atoms with Gasteiger partial charge in [-0.25, -0.2) is 14.4 Å². The zero-order valence-corrected chi connectivity index (χ0v) is 10.2. The maximum atomic E-state index is 13.3. The van der Waals surface area contributed by atoms with Crippen molar-refractivity contribution in [1.29, 1.82) is 0 Å². The summed E-state index contributed by atoms with van der Waals surface area (Å²) in [5, 5.41) is 0.279. The molecule has 0 atom stereocenters. The molecule has 0 fully saturated rings. The molecule has 0 spiro atoms. The van der Waals surface area contributed by atoms with E-state index >= 15 is 0 Å². The molecule has 0 radical (unpaired) electrons. The summed E-state index contributed by atoms with van der Waals surface area (Å²) in [5.74, 6) is -1.87. The lowest BCUT2D eigenvalue weighted by Crippen LogP contribution is -2.04. The second kappa shape index (κ2) is 5.27. The lowest BCUT2D eigenvalue weighted by atomic mass is 10.3. The van der Waals surface area contributed by atoms with Crippen molar-refractivity contribution in [2.75, 3.05) is 0 Å². The Kier molecular flexibility index (Phi) is 3.72. The molecule has 3 nitrogen and oxygen atoms in total. The Balaban J connectivity index is 2.14. The van der Waals surface area contributed by atoms with Crippen LogP contribution in [0, 0.1) is 18.6 Å². The van der Waals surface area contributed by atoms with Crippen LogP contribution in [0.5, 0.6) is 5.75 Å². The summed E-state index contributed by atoms with van der Waals surface area (Å²) in [4.78, 5) is 7.98. The molecule has 0 saturated heterocycles. The van der Waals surface area contributed by atoms with E-state index in [1.165, 1.54) is 12.1 Å². The highest BCUT2D eigenvalue weighted by molar-refractivity contribution is 6.29. The summed E-state index contributed by atoms with van der Waals surface area (Å²) < 4.78 is 31.3. The van der Waals surface area contributed by atoms with Gasteiger partial charge in [0.2, 0.25) is 5.82 Å². The standard InChI is InChI=1S/C12H9ClF2N2O/c1-7-5-10(13)17-11(16-7)6-18-9-4-2-3-8(14)12(9)15/h2-5H,6H2,1H3. The van der Waals surface area contributed by atoms with Crippen molar-refractivity contribution in [1.82, 2.24) is 9.97 Å². The summed E-state index contributed by atoms with van der Waals surface area (Å²) in [5.41, 5.74) is 0.674.